The fourth-order valence-corrected chi connectivity index (χ4v) is 3.08. The Morgan fingerprint density at radius 2 is 1.83 bits per heavy atom. The van der Waals surface area contributed by atoms with Gasteiger partial charge in [-0.15, -0.1) is 0 Å². The first-order valence-corrected chi connectivity index (χ1v) is 8.58. The van der Waals surface area contributed by atoms with E-state index < -0.39 is 0 Å². The van der Waals surface area contributed by atoms with Crippen LogP contribution in [0.3, 0.4) is 0 Å². The van der Waals surface area contributed by atoms with Gasteiger partial charge in [0.25, 0.3) is 0 Å². The first-order valence-electron chi connectivity index (χ1n) is 7.21. The molecule has 0 atom stereocenters. The highest BCUT2D eigenvalue weighted by molar-refractivity contribution is 8.14. The summed E-state index contributed by atoms with van der Waals surface area (Å²) in [6.45, 7) is 0. The zero-order chi connectivity index (χ0) is 16.9. The van der Waals surface area contributed by atoms with E-state index >= 15 is 0 Å². The molecule has 0 spiro atoms. The molecule has 5 nitrogen and oxygen atoms in total. The van der Waals surface area contributed by atoms with E-state index in [0.29, 0.717) is 16.5 Å². The van der Waals surface area contributed by atoms with Gasteiger partial charge in [-0.3, -0.25) is 5.43 Å². The van der Waals surface area contributed by atoms with Crippen molar-refractivity contribution in [2.45, 2.75) is 0 Å². The molecule has 0 saturated carbocycles. The molecular weight excluding hydrogens is 346 g/mol. The Kier molecular flexibility index (Phi) is 5.27. The lowest BCUT2D eigenvalue weighted by Crippen LogP contribution is -2.25. The van der Waals surface area contributed by atoms with Gasteiger partial charge in [0.05, 0.1) is 25.6 Å². The number of thioether (sulfide) groups is 1. The van der Waals surface area contributed by atoms with Crippen LogP contribution >= 0.6 is 23.4 Å². The summed E-state index contributed by atoms with van der Waals surface area (Å²) in [7, 11) is 3.24. The van der Waals surface area contributed by atoms with E-state index in [-0.39, 0.29) is 0 Å². The molecule has 1 aliphatic heterocycles. The number of hydrogen-bond donors (Lipinski definition) is 1. The number of halogens is 1. The first-order chi connectivity index (χ1) is 11.7. The highest BCUT2D eigenvalue weighted by Crippen LogP contribution is 2.29. The SMILES string of the molecule is COc1ccc(C2=NNC(=Nc3ccc(Cl)cc3)SC2)cc1OC. The normalized spacial score (nSPS) is 15.6. The van der Waals surface area contributed by atoms with Gasteiger partial charge in [0.2, 0.25) is 0 Å². The van der Waals surface area contributed by atoms with E-state index in [9.17, 15) is 0 Å². The third-order valence-corrected chi connectivity index (χ3v) is 4.53. The van der Waals surface area contributed by atoms with Crippen molar-refractivity contribution in [2.24, 2.45) is 10.1 Å². The van der Waals surface area contributed by atoms with Crippen molar-refractivity contribution in [2.75, 3.05) is 20.0 Å². The molecule has 1 N–H and O–H groups in total. The average Bonchev–Trinajstić information content (AvgIpc) is 2.63. The molecule has 0 amide bonds. The quantitative estimate of drug-likeness (QED) is 0.891. The number of ether oxygens (including phenoxy) is 2. The van der Waals surface area contributed by atoms with Gasteiger partial charge in [0.1, 0.15) is 0 Å². The summed E-state index contributed by atoms with van der Waals surface area (Å²) >= 11 is 7.47. The van der Waals surface area contributed by atoms with Crippen LogP contribution in [0.1, 0.15) is 5.56 Å². The maximum atomic E-state index is 5.88. The lowest BCUT2D eigenvalue weighted by atomic mass is 10.1. The monoisotopic (exact) mass is 361 g/mol. The topological polar surface area (TPSA) is 55.2 Å². The number of rotatable bonds is 4. The van der Waals surface area contributed by atoms with Crippen LogP contribution in [0.2, 0.25) is 5.02 Å². The van der Waals surface area contributed by atoms with Crippen LogP contribution in [-0.2, 0) is 0 Å². The average molecular weight is 362 g/mol. The number of benzene rings is 2. The zero-order valence-corrected chi connectivity index (χ0v) is 14.8. The van der Waals surface area contributed by atoms with E-state index in [4.69, 9.17) is 21.1 Å². The summed E-state index contributed by atoms with van der Waals surface area (Å²) in [6.07, 6.45) is 0. The summed E-state index contributed by atoms with van der Waals surface area (Å²) in [5.74, 6) is 2.10. The van der Waals surface area contributed by atoms with Gasteiger partial charge >= 0.3 is 0 Å². The number of hydrazone groups is 1. The van der Waals surface area contributed by atoms with Crippen LogP contribution in [0.25, 0.3) is 0 Å². The minimum absolute atomic E-state index is 0.684. The molecular formula is C17H16ClN3O2S. The van der Waals surface area contributed by atoms with E-state index in [1.165, 1.54) is 0 Å². The fraction of sp³-hybridized carbons (Fsp3) is 0.176. The summed E-state index contributed by atoms with van der Waals surface area (Å²) in [5.41, 5.74) is 5.74. The second kappa shape index (κ2) is 7.59. The Hall–Kier alpha value is -2.18. The Bertz CT molecular complexity index is 791. The minimum Gasteiger partial charge on any atom is -0.493 e. The lowest BCUT2D eigenvalue weighted by molar-refractivity contribution is 0.355. The zero-order valence-electron chi connectivity index (χ0n) is 13.2. The van der Waals surface area contributed by atoms with Crippen LogP contribution in [0.15, 0.2) is 52.6 Å². The van der Waals surface area contributed by atoms with Crippen molar-refractivity contribution in [1.82, 2.24) is 5.43 Å². The van der Waals surface area contributed by atoms with Crippen LogP contribution < -0.4 is 14.9 Å². The summed E-state index contributed by atoms with van der Waals surface area (Å²) in [5, 5.41) is 5.86. The Balaban J connectivity index is 1.76. The molecule has 2 aromatic rings. The number of nitrogens with zero attached hydrogens (tertiary/aromatic N) is 2. The highest BCUT2D eigenvalue weighted by atomic mass is 35.5. The maximum absolute atomic E-state index is 5.88. The smallest absolute Gasteiger partial charge is 0.182 e. The largest absolute Gasteiger partial charge is 0.493 e. The third-order valence-electron chi connectivity index (χ3n) is 3.41. The maximum Gasteiger partial charge on any atom is 0.182 e. The standard InChI is InChI=1S/C17H16ClN3O2S/c1-22-15-8-3-11(9-16(15)23-2)14-10-24-17(21-20-14)19-13-6-4-12(18)5-7-13/h3-9H,10H2,1-2H3,(H,19,21). The number of methoxy groups -OCH3 is 2. The summed E-state index contributed by atoms with van der Waals surface area (Å²) < 4.78 is 10.6. The predicted molar refractivity (Wildman–Crippen MR) is 100 cm³/mol. The van der Waals surface area contributed by atoms with E-state index in [0.717, 1.165) is 27.9 Å². The van der Waals surface area contributed by atoms with Gasteiger partial charge < -0.3 is 9.47 Å². The molecule has 3 rings (SSSR count). The Morgan fingerprint density at radius 1 is 1.08 bits per heavy atom. The third kappa shape index (κ3) is 3.83. The van der Waals surface area contributed by atoms with Crippen molar-refractivity contribution in [3.05, 3.63) is 53.1 Å². The van der Waals surface area contributed by atoms with Crippen molar-refractivity contribution < 1.29 is 9.47 Å². The van der Waals surface area contributed by atoms with Gasteiger partial charge in [0.15, 0.2) is 16.7 Å². The molecule has 124 valence electrons. The number of aliphatic imine (C=N–C) groups is 1. The predicted octanol–water partition coefficient (Wildman–Crippen LogP) is 4.09. The number of hydrogen-bond acceptors (Lipinski definition) is 5. The van der Waals surface area contributed by atoms with Gasteiger partial charge in [-0.1, -0.05) is 23.4 Å². The van der Waals surface area contributed by atoms with Gasteiger partial charge in [-0.2, -0.15) is 5.10 Å². The molecule has 0 unspecified atom stereocenters. The van der Waals surface area contributed by atoms with E-state index in [1.807, 2.05) is 42.5 Å². The minimum atomic E-state index is 0.684. The summed E-state index contributed by atoms with van der Waals surface area (Å²) in [6, 6.07) is 13.1. The second-order valence-corrected chi connectivity index (χ2v) is 6.32. The Labute approximate surface area is 149 Å². The van der Waals surface area contributed by atoms with Crippen LogP contribution in [0.5, 0.6) is 11.5 Å². The van der Waals surface area contributed by atoms with E-state index in [1.54, 1.807) is 26.0 Å². The van der Waals surface area contributed by atoms with Crippen molar-refractivity contribution >= 4 is 39.9 Å². The molecule has 1 heterocycles. The molecule has 7 heteroatoms. The first kappa shape index (κ1) is 16.7. The second-order valence-electron chi connectivity index (χ2n) is 4.92. The molecule has 24 heavy (non-hydrogen) atoms. The molecule has 0 bridgehead atoms. The van der Waals surface area contributed by atoms with Gasteiger partial charge in [0, 0.05) is 16.3 Å². The van der Waals surface area contributed by atoms with Crippen LogP contribution in [0, 0.1) is 0 Å². The molecule has 0 aromatic heterocycles. The number of amidine groups is 1. The molecule has 0 radical (unpaired) electrons. The van der Waals surface area contributed by atoms with Gasteiger partial charge in [-0.25, -0.2) is 4.99 Å². The summed E-state index contributed by atoms with van der Waals surface area (Å²) in [4.78, 5) is 4.51. The van der Waals surface area contributed by atoms with Crippen molar-refractivity contribution in [3.63, 3.8) is 0 Å². The Morgan fingerprint density at radius 3 is 2.46 bits per heavy atom. The molecule has 1 aliphatic rings. The van der Waals surface area contributed by atoms with Crippen molar-refractivity contribution in [3.8, 4) is 11.5 Å². The molecule has 2 aromatic carbocycles. The van der Waals surface area contributed by atoms with Crippen molar-refractivity contribution in [1.29, 1.82) is 0 Å². The molecule has 0 aliphatic carbocycles. The van der Waals surface area contributed by atoms with E-state index in [2.05, 4.69) is 15.5 Å². The van der Waals surface area contributed by atoms with Crippen LogP contribution in [0.4, 0.5) is 5.69 Å². The lowest BCUT2D eigenvalue weighted by Gasteiger charge is -2.16. The highest BCUT2D eigenvalue weighted by Gasteiger charge is 2.15. The molecule has 0 fully saturated rings. The van der Waals surface area contributed by atoms with Gasteiger partial charge in [-0.05, 0) is 42.5 Å². The fourth-order valence-electron chi connectivity index (χ4n) is 2.17. The number of nitrogens with one attached hydrogen (secondary N) is 1. The molecule has 0 saturated heterocycles. The van der Waals surface area contributed by atoms with Crippen LogP contribution in [-0.4, -0.2) is 30.9 Å².